The number of carbonyl (C=O) groups is 1. The highest BCUT2D eigenvalue weighted by Gasteiger charge is 2.36. The summed E-state index contributed by atoms with van der Waals surface area (Å²) >= 11 is 6.30. The summed E-state index contributed by atoms with van der Waals surface area (Å²) < 4.78 is 47.4. The summed E-state index contributed by atoms with van der Waals surface area (Å²) in [6.45, 7) is 1.72. The molecule has 0 unspecified atom stereocenters. The van der Waals surface area contributed by atoms with Gasteiger partial charge in [0.05, 0.1) is 23.0 Å². The molecule has 10 heteroatoms. The molecule has 0 spiro atoms. The third kappa shape index (κ3) is 3.95. The van der Waals surface area contributed by atoms with Gasteiger partial charge in [0.25, 0.3) is 5.91 Å². The van der Waals surface area contributed by atoms with Crippen LogP contribution in [0.3, 0.4) is 0 Å². The number of benzene rings is 1. The lowest BCUT2D eigenvalue weighted by atomic mass is 9.86. The number of alkyl halides is 3. The minimum atomic E-state index is -4.53. The Morgan fingerprint density at radius 1 is 1.33 bits per heavy atom. The molecule has 160 valence electrons. The van der Waals surface area contributed by atoms with E-state index in [9.17, 15) is 18.0 Å². The van der Waals surface area contributed by atoms with Gasteiger partial charge in [-0.25, -0.2) is 0 Å². The lowest BCUT2D eigenvalue weighted by molar-refractivity contribution is -0.138. The average molecular weight is 441 g/mol. The number of aryl methyl sites for hydroxylation is 2. The van der Waals surface area contributed by atoms with Gasteiger partial charge in [0.1, 0.15) is 0 Å². The van der Waals surface area contributed by atoms with Crippen LogP contribution in [0, 0.1) is 6.92 Å². The number of primary amides is 1. The van der Waals surface area contributed by atoms with Crippen molar-refractivity contribution in [1.29, 1.82) is 0 Å². The predicted molar refractivity (Wildman–Crippen MR) is 106 cm³/mol. The molecule has 0 fully saturated rings. The van der Waals surface area contributed by atoms with Crippen LogP contribution in [0.5, 0.6) is 0 Å². The number of halogens is 4. The topological polar surface area (TPSA) is 100 Å². The van der Waals surface area contributed by atoms with Crippen LogP contribution in [0.25, 0.3) is 11.3 Å². The molecule has 0 aliphatic heterocycles. The molecule has 0 saturated heterocycles. The molecule has 6 nitrogen and oxygen atoms in total. The smallest absolute Gasteiger partial charge is 0.416 e. The molecule has 0 bridgehead atoms. The zero-order chi connectivity index (χ0) is 22.2. The fourth-order valence-electron chi connectivity index (χ4n) is 3.66. The van der Waals surface area contributed by atoms with Gasteiger partial charge in [0.2, 0.25) is 5.22 Å². The number of hydrogen-bond acceptors (Lipinski definition) is 4. The summed E-state index contributed by atoms with van der Waals surface area (Å²) in [5.41, 5.74) is 12.6. The fourth-order valence-corrected chi connectivity index (χ4v) is 3.93. The van der Waals surface area contributed by atoms with E-state index < -0.39 is 23.6 Å². The van der Waals surface area contributed by atoms with Crippen molar-refractivity contribution in [1.82, 2.24) is 9.78 Å². The van der Waals surface area contributed by atoms with E-state index in [4.69, 9.17) is 27.5 Å². The van der Waals surface area contributed by atoms with E-state index >= 15 is 0 Å². The number of hydrogen-bond donors (Lipinski definition) is 2. The molecule has 30 heavy (non-hydrogen) atoms. The van der Waals surface area contributed by atoms with E-state index in [1.54, 1.807) is 20.2 Å². The summed E-state index contributed by atoms with van der Waals surface area (Å²) in [5, 5.41) is 4.06. The van der Waals surface area contributed by atoms with Crippen molar-refractivity contribution in [3.8, 4) is 11.3 Å². The van der Waals surface area contributed by atoms with E-state index in [1.165, 1.54) is 22.9 Å². The largest absolute Gasteiger partial charge is 0.438 e. The Bertz CT molecular complexity index is 1070. The van der Waals surface area contributed by atoms with Crippen molar-refractivity contribution in [3.05, 3.63) is 63.7 Å². The van der Waals surface area contributed by atoms with Crippen molar-refractivity contribution in [2.24, 2.45) is 18.5 Å². The van der Waals surface area contributed by atoms with Crippen molar-refractivity contribution >= 4 is 17.5 Å². The molecule has 0 saturated carbocycles. The average Bonchev–Trinajstić information content (AvgIpc) is 3.18. The van der Waals surface area contributed by atoms with Gasteiger partial charge < -0.3 is 15.9 Å². The lowest BCUT2D eigenvalue weighted by Gasteiger charge is -2.20. The second-order valence-electron chi connectivity index (χ2n) is 6.95. The number of nitrogens with two attached hydrogens (primary N) is 2. The van der Waals surface area contributed by atoms with Gasteiger partial charge in [-0.1, -0.05) is 18.2 Å². The molecular weight excluding hydrogens is 421 g/mol. The first kappa shape index (κ1) is 21.9. The fraction of sp³-hybridized carbons (Fsp3) is 0.300. The zero-order valence-electron chi connectivity index (χ0n) is 16.3. The van der Waals surface area contributed by atoms with E-state index in [-0.39, 0.29) is 35.1 Å². The zero-order valence-corrected chi connectivity index (χ0v) is 17.0. The molecule has 3 aromatic rings. The highest BCUT2D eigenvalue weighted by atomic mass is 35.5. The Morgan fingerprint density at radius 2 is 2.00 bits per heavy atom. The van der Waals surface area contributed by atoms with E-state index in [1.807, 2.05) is 0 Å². The maximum absolute atomic E-state index is 13.5. The molecule has 1 amide bonds. The molecule has 2 heterocycles. The Hall–Kier alpha value is -2.78. The number of nitrogens with zero attached hydrogens (tertiary/aromatic N) is 2. The van der Waals surface area contributed by atoms with E-state index in [0.29, 0.717) is 11.3 Å². The van der Waals surface area contributed by atoms with Crippen LogP contribution in [0.2, 0.25) is 5.22 Å². The third-order valence-electron chi connectivity index (χ3n) is 4.97. The van der Waals surface area contributed by atoms with Crippen molar-refractivity contribution in [2.75, 3.05) is 6.54 Å². The van der Waals surface area contributed by atoms with Gasteiger partial charge in [0.15, 0.2) is 5.76 Å². The minimum absolute atomic E-state index is 0.0425. The highest BCUT2D eigenvalue weighted by molar-refractivity contribution is 6.32. The van der Waals surface area contributed by atoms with Gasteiger partial charge in [-0.2, -0.15) is 18.3 Å². The first-order valence-corrected chi connectivity index (χ1v) is 9.40. The van der Waals surface area contributed by atoms with Crippen LogP contribution in [0.4, 0.5) is 13.2 Å². The van der Waals surface area contributed by atoms with E-state index in [0.717, 1.165) is 11.6 Å². The Labute approximate surface area is 175 Å². The minimum Gasteiger partial charge on any atom is -0.438 e. The molecule has 1 atom stereocenters. The van der Waals surface area contributed by atoms with Gasteiger partial charge in [0, 0.05) is 18.5 Å². The molecule has 0 radical (unpaired) electrons. The SMILES string of the molecule is Cc1cnn(C)c1-c1c(Cl)oc(C(N)=O)c1[C@@H](CN)Cc1ccccc1C(F)(F)F. The van der Waals surface area contributed by atoms with Crippen molar-refractivity contribution < 1.29 is 22.4 Å². The lowest BCUT2D eigenvalue weighted by Crippen LogP contribution is -2.22. The second-order valence-corrected chi connectivity index (χ2v) is 7.29. The van der Waals surface area contributed by atoms with E-state index in [2.05, 4.69) is 5.10 Å². The van der Waals surface area contributed by atoms with Crippen molar-refractivity contribution in [3.63, 3.8) is 0 Å². The molecule has 0 aliphatic rings. The molecule has 3 rings (SSSR count). The van der Waals surface area contributed by atoms with Crippen molar-refractivity contribution in [2.45, 2.75) is 25.4 Å². The molecule has 1 aromatic carbocycles. The maximum Gasteiger partial charge on any atom is 0.416 e. The quantitative estimate of drug-likeness (QED) is 0.604. The number of amides is 1. The van der Waals surface area contributed by atoms with Gasteiger partial charge >= 0.3 is 6.18 Å². The van der Waals surface area contributed by atoms with Gasteiger partial charge in [-0.05, 0) is 48.7 Å². The third-order valence-corrected chi connectivity index (χ3v) is 5.23. The predicted octanol–water partition coefficient (Wildman–Crippen LogP) is 4.04. The molecule has 0 aliphatic carbocycles. The first-order valence-electron chi connectivity index (χ1n) is 9.02. The molecular formula is C20H20ClF3N4O2. The summed E-state index contributed by atoms with van der Waals surface area (Å²) in [7, 11) is 1.68. The maximum atomic E-state index is 13.5. The van der Waals surface area contributed by atoms with Crippen LogP contribution in [0.1, 0.15) is 38.7 Å². The van der Waals surface area contributed by atoms with Gasteiger partial charge in [-0.15, -0.1) is 0 Å². The number of aromatic nitrogens is 2. The van der Waals surface area contributed by atoms with Crippen LogP contribution in [-0.2, 0) is 19.6 Å². The Morgan fingerprint density at radius 3 is 2.53 bits per heavy atom. The number of carbonyl (C=O) groups excluding carboxylic acids is 1. The molecule has 4 N–H and O–H groups in total. The summed E-state index contributed by atoms with van der Waals surface area (Å²) in [6.07, 6.45) is -3.02. The highest BCUT2D eigenvalue weighted by Crippen LogP contribution is 2.43. The molecule has 2 aromatic heterocycles. The first-order chi connectivity index (χ1) is 14.1. The summed E-state index contributed by atoms with van der Waals surface area (Å²) in [4.78, 5) is 12.1. The Kier molecular flexibility index (Phi) is 5.96. The van der Waals surface area contributed by atoms with Crippen LogP contribution >= 0.6 is 11.6 Å². The van der Waals surface area contributed by atoms with Crippen LogP contribution in [0.15, 0.2) is 34.9 Å². The standard InChI is InChI=1S/C20H20ClF3N4O2/c1-10-9-27-28(2)16(10)15-14(17(19(26)29)30-18(15)21)12(8-25)7-11-5-3-4-6-13(11)20(22,23)24/h3-6,9,12H,7-8,25H2,1-2H3,(H2,26,29)/t12-/m1/s1. The summed E-state index contributed by atoms with van der Waals surface area (Å²) in [5.74, 6) is -1.83. The Balaban J connectivity index is 2.20. The monoisotopic (exact) mass is 440 g/mol. The van der Waals surface area contributed by atoms with Crippen LogP contribution < -0.4 is 11.5 Å². The summed E-state index contributed by atoms with van der Waals surface area (Å²) in [6, 6.07) is 5.22. The van der Waals surface area contributed by atoms with Crippen LogP contribution in [-0.4, -0.2) is 22.2 Å². The second kappa shape index (κ2) is 8.16. The van der Waals surface area contributed by atoms with Gasteiger partial charge in [-0.3, -0.25) is 9.48 Å². The normalized spacial score (nSPS) is 12.9. The number of furan rings is 1. The number of rotatable bonds is 6.